The topological polar surface area (TPSA) is 50.3 Å². The van der Waals surface area contributed by atoms with E-state index in [9.17, 15) is 9.59 Å². The fourth-order valence-electron chi connectivity index (χ4n) is 2.48. The minimum atomic E-state index is -0.740. The number of rotatable bonds is 2. The standard InChI is InChI=1S/C16H14N2O2/c1-18(2)11-7-5-10(6-8-11)13-15(19)12-4-3-9-17-14(12)16(13)20/h3-9,13H,1-2H3/t13-/m0/s1. The van der Waals surface area contributed by atoms with Gasteiger partial charge in [-0.25, -0.2) is 0 Å². The van der Waals surface area contributed by atoms with Crippen LogP contribution in [0.4, 0.5) is 5.69 Å². The quantitative estimate of drug-likeness (QED) is 0.783. The first-order valence-corrected chi connectivity index (χ1v) is 6.40. The van der Waals surface area contributed by atoms with Gasteiger partial charge in [0.25, 0.3) is 0 Å². The average molecular weight is 266 g/mol. The first-order valence-electron chi connectivity index (χ1n) is 6.40. The Morgan fingerprint density at radius 3 is 2.30 bits per heavy atom. The van der Waals surface area contributed by atoms with E-state index in [2.05, 4.69) is 4.98 Å². The third kappa shape index (κ3) is 1.81. The third-order valence-electron chi connectivity index (χ3n) is 3.57. The molecule has 0 spiro atoms. The Bertz CT molecular complexity index is 655. The molecule has 1 atom stereocenters. The molecule has 4 nitrogen and oxygen atoms in total. The van der Waals surface area contributed by atoms with Gasteiger partial charge in [0, 0.05) is 31.5 Å². The molecule has 0 bridgehead atoms. The van der Waals surface area contributed by atoms with Gasteiger partial charge in [-0.1, -0.05) is 12.1 Å². The van der Waals surface area contributed by atoms with Crippen molar-refractivity contribution >= 4 is 17.3 Å². The lowest BCUT2D eigenvalue weighted by Gasteiger charge is -2.14. The molecule has 0 unspecified atom stereocenters. The Labute approximate surface area is 117 Å². The number of hydrogen-bond acceptors (Lipinski definition) is 4. The van der Waals surface area contributed by atoms with E-state index in [1.54, 1.807) is 18.3 Å². The number of carbonyl (C=O) groups is 2. The molecule has 0 fully saturated rings. The molecule has 0 radical (unpaired) electrons. The molecule has 1 heterocycles. The van der Waals surface area contributed by atoms with Gasteiger partial charge in [0.1, 0.15) is 11.6 Å². The first kappa shape index (κ1) is 12.5. The predicted octanol–water partition coefficient (Wildman–Crippen LogP) is 2.31. The fourth-order valence-corrected chi connectivity index (χ4v) is 2.48. The molecule has 0 N–H and O–H groups in total. The van der Waals surface area contributed by atoms with Crippen LogP contribution in [-0.2, 0) is 0 Å². The number of anilines is 1. The van der Waals surface area contributed by atoms with Crippen LogP contribution in [-0.4, -0.2) is 30.6 Å². The summed E-state index contributed by atoms with van der Waals surface area (Å²) in [5.74, 6) is -1.10. The highest BCUT2D eigenvalue weighted by Gasteiger charge is 2.40. The third-order valence-corrected chi connectivity index (χ3v) is 3.57. The van der Waals surface area contributed by atoms with Gasteiger partial charge in [-0.05, 0) is 29.8 Å². The van der Waals surface area contributed by atoms with Crippen LogP contribution in [0.1, 0.15) is 32.3 Å². The van der Waals surface area contributed by atoms with Crippen molar-refractivity contribution in [3.63, 3.8) is 0 Å². The van der Waals surface area contributed by atoms with Crippen molar-refractivity contribution in [3.8, 4) is 0 Å². The van der Waals surface area contributed by atoms with E-state index in [0.29, 0.717) is 11.3 Å². The van der Waals surface area contributed by atoms with Gasteiger partial charge in [-0.2, -0.15) is 0 Å². The van der Waals surface area contributed by atoms with Crippen LogP contribution in [0.5, 0.6) is 0 Å². The maximum Gasteiger partial charge on any atom is 0.197 e. The molecule has 1 aliphatic carbocycles. The minimum absolute atomic E-state index is 0.157. The van der Waals surface area contributed by atoms with Gasteiger partial charge < -0.3 is 4.90 Å². The predicted molar refractivity (Wildman–Crippen MR) is 76.4 cm³/mol. The lowest BCUT2D eigenvalue weighted by Crippen LogP contribution is -2.14. The highest BCUT2D eigenvalue weighted by atomic mass is 16.2. The van der Waals surface area contributed by atoms with Crippen LogP contribution in [0.2, 0.25) is 0 Å². The maximum atomic E-state index is 12.4. The van der Waals surface area contributed by atoms with E-state index in [1.807, 2.05) is 43.3 Å². The Morgan fingerprint density at radius 2 is 1.70 bits per heavy atom. The maximum absolute atomic E-state index is 12.4. The number of benzene rings is 1. The van der Waals surface area contributed by atoms with E-state index < -0.39 is 5.92 Å². The van der Waals surface area contributed by atoms with Crippen LogP contribution in [0, 0.1) is 0 Å². The summed E-state index contributed by atoms with van der Waals surface area (Å²) in [6, 6.07) is 10.8. The molecule has 0 saturated carbocycles. The second kappa shape index (κ2) is 4.56. The Balaban J connectivity index is 2.00. The monoisotopic (exact) mass is 266 g/mol. The van der Waals surface area contributed by atoms with Gasteiger partial charge in [-0.3, -0.25) is 14.6 Å². The van der Waals surface area contributed by atoms with Crippen molar-refractivity contribution in [2.24, 2.45) is 0 Å². The number of ketones is 2. The highest BCUT2D eigenvalue weighted by molar-refractivity contribution is 6.28. The normalized spacial score (nSPS) is 17.2. The highest BCUT2D eigenvalue weighted by Crippen LogP contribution is 2.33. The summed E-state index contributed by atoms with van der Waals surface area (Å²) in [4.78, 5) is 30.7. The number of hydrogen-bond donors (Lipinski definition) is 0. The smallest absolute Gasteiger partial charge is 0.197 e. The molecule has 0 amide bonds. The Hall–Kier alpha value is -2.49. The average Bonchev–Trinajstić information content (AvgIpc) is 2.72. The van der Waals surface area contributed by atoms with E-state index in [-0.39, 0.29) is 11.6 Å². The molecule has 4 heteroatoms. The van der Waals surface area contributed by atoms with Crippen LogP contribution in [0.25, 0.3) is 0 Å². The summed E-state index contributed by atoms with van der Waals surface area (Å²) >= 11 is 0. The van der Waals surface area contributed by atoms with Gasteiger partial charge in [-0.15, -0.1) is 0 Å². The summed E-state index contributed by atoms with van der Waals surface area (Å²) < 4.78 is 0. The van der Waals surface area contributed by atoms with Gasteiger partial charge in [0.15, 0.2) is 11.6 Å². The second-order valence-electron chi connectivity index (χ2n) is 5.05. The van der Waals surface area contributed by atoms with Gasteiger partial charge in [0.05, 0.1) is 0 Å². The molecule has 0 saturated heterocycles. The zero-order valence-corrected chi connectivity index (χ0v) is 11.3. The van der Waals surface area contributed by atoms with Crippen molar-refractivity contribution in [3.05, 3.63) is 59.4 Å². The number of carbonyl (C=O) groups excluding carboxylic acids is 2. The molecule has 20 heavy (non-hydrogen) atoms. The lowest BCUT2D eigenvalue weighted by atomic mass is 9.94. The number of pyridine rings is 1. The summed E-state index contributed by atoms with van der Waals surface area (Å²) in [7, 11) is 3.89. The van der Waals surface area contributed by atoms with Crippen molar-refractivity contribution in [2.45, 2.75) is 5.92 Å². The minimum Gasteiger partial charge on any atom is -0.378 e. The number of aromatic nitrogens is 1. The zero-order valence-electron chi connectivity index (χ0n) is 11.3. The van der Waals surface area contributed by atoms with Crippen LogP contribution in [0.15, 0.2) is 42.6 Å². The summed E-state index contributed by atoms with van der Waals surface area (Å²) in [6.07, 6.45) is 1.54. The number of fused-ring (bicyclic) bond motifs is 1. The lowest BCUT2D eigenvalue weighted by molar-refractivity contribution is 0.0888. The Morgan fingerprint density at radius 1 is 1.00 bits per heavy atom. The molecule has 1 aliphatic rings. The second-order valence-corrected chi connectivity index (χ2v) is 5.05. The van der Waals surface area contributed by atoms with Crippen LogP contribution < -0.4 is 4.90 Å². The van der Waals surface area contributed by atoms with Crippen LogP contribution >= 0.6 is 0 Å². The first-order chi connectivity index (χ1) is 9.59. The summed E-state index contributed by atoms with van der Waals surface area (Å²) in [5.41, 5.74) is 2.48. The van der Waals surface area contributed by atoms with Gasteiger partial charge in [0.2, 0.25) is 0 Å². The van der Waals surface area contributed by atoms with E-state index in [1.165, 1.54) is 0 Å². The van der Waals surface area contributed by atoms with Crippen molar-refractivity contribution in [2.75, 3.05) is 19.0 Å². The molecular weight excluding hydrogens is 252 g/mol. The zero-order chi connectivity index (χ0) is 14.3. The summed E-state index contributed by atoms with van der Waals surface area (Å²) in [5, 5.41) is 0. The molecule has 3 rings (SSSR count). The molecule has 2 aromatic rings. The number of nitrogens with zero attached hydrogens (tertiary/aromatic N) is 2. The largest absolute Gasteiger partial charge is 0.378 e. The SMILES string of the molecule is CN(C)c1ccc([C@H]2C(=O)c3cccnc3C2=O)cc1. The van der Waals surface area contributed by atoms with E-state index >= 15 is 0 Å². The van der Waals surface area contributed by atoms with E-state index in [0.717, 1.165) is 11.3 Å². The van der Waals surface area contributed by atoms with Crippen molar-refractivity contribution in [1.29, 1.82) is 0 Å². The Kier molecular flexibility index (Phi) is 2.86. The van der Waals surface area contributed by atoms with Crippen molar-refractivity contribution < 1.29 is 9.59 Å². The number of Topliss-reactive ketones (excluding diaryl/α,β-unsaturated/α-hetero) is 2. The van der Waals surface area contributed by atoms with Crippen LogP contribution in [0.3, 0.4) is 0 Å². The van der Waals surface area contributed by atoms with Crippen molar-refractivity contribution in [1.82, 2.24) is 4.98 Å². The molecule has 1 aromatic heterocycles. The molecule has 1 aromatic carbocycles. The summed E-state index contributed by atoms with van der Waals surface area (Å²) in [6.45, 7) is 0. The molecule has 100 valence electrons. The fraction of sp³-hybridized carbons (Fsp3) is 0.188. The molecule has 0 aliphatic heterocycles. The molecular formula is C16H14N2O2. The van der Waals surface area contributed by atoms with Gasteiger partial charge >= 0.3 is 0 Å². The van der Waals surface area contributed by atoms with E-state index in [4.69, 9.17) is 0 Å².